The van der Waals surface area contributed by atoms with Crippen LogP contribution in [0.5, 0.6) is 0 Å². The smallest absolute Gasteiger partial charge is 0.184 e. The Morgan fingerprint density at radius 3 is 2.48 bits per heavy atom. The highest BCUT2D eigenvalue weighted by Crippen LogP contribution is 2.67. The van der Waals surface area contributed by atoms with E-state index in [9.17, 15) is 5.11 Å². The van der Waals surface area contributed by atoms with Crippen LogP contribution in [0.2, 0.25) is 0 Å². The number of hydrogen-bond acceptors (Lipinski definition) is 3. The van der Waals surface area contributed by atoms with Crippen molar-refractivity contribution >= 4 is 23.0 Å². The first-order valence-corrected chi connectivity index (χ1v) is 11.4. The predicted molar refractivity (Wildman–Crippen MR) is 114 cm³/mol. The van der Waals surface area contributed by atoms with Gasteiger partial charge in [0.15, 0.2) is 5.11 Å². The zero-order chi connectivity index (χ0) is 19.4. The average molecular weight is 392 g/mol. The fraction of sp³-hybridized carbons (Fsp3) is 0.909. The number of hydrazone groups is 1. The van der Waals surface area contributed by atoms with Crippen molar-refractivity contribution in [1.82, 2.24) is 5.43 Å². The van der Waals surface area contributed by atoms with E-state index in [1.165, 1.54) is 50.7 Å². The number of hydrogen-bond donors (Lipinski definition) is 3. The van der Waals surface area contributed by atoms with Crippen LogP contribution in [0.15, 0.2) is 5.10 Å². The first kappa shape index (κ1) is 19.6. The number of rotatable bonds is 2. The number of nitrogens with two attached hydrogens (primary N) is 1. The second-order valence-electron chi connectivity index (χ2n) is 10.5. The molecule has 0 unspecified atom stereocenters. The van der Waals surface area contributed by atoms with E-state index in [4.69, 9.17) is 18.0 Å². The summed E-state index contributed by atoms with van der Waals surface area (Å²) in [6.45, 7) is 7.25. The minimum Gasteiger partial charge on any atom is -0.393 e. The molecule has 8 atom stereocenters. The van der Waals surface area contributed by atoms with Crippen LogP contribution in [0.25, 0.3) is 0 Å². The van der Waals surface area contributed by atoms with Gasteiger partial charge in [0.2, 0.25) is 0 Å². The van der Waals surface area contributed by atoms with Crippen molar-refractivity contribution in [3.63, 3.8) is 0 Å². The largest absolute Gasteiger partial charge is 0.393 e. The summed E-state index contributed by atoms with van der Waals surface area (Å²) in [5.74, 6) is 3.82. The molecule has 0 aromatic heterocycles. The topological polar surface area (TPSA) is 70.6 Å². The quantitative estimate of drug-likeness (QED) is 0.374. The van der Waals surface area contributed by atoms with Crippen molar-refractivity contribution < 1.29 is 5.11 Å². The molecule has 0 bridgehead atoms. The lowest BCUT2D eigenvalue weighted by Gasteiger charge is -2.61. The highest BCUT2D eigenvalue weighted by Gasteiger charge is 2.60. The Morgan fingerprint density at radius 2 is 1.74 bits per heavy atom. The Balaban J connectivity index is 1.55. The van der Waals surface area contributed by atoms with Gasteiger partial charge in [-0.25, -0.2) is 0 Å². The molecule has 0 amide bonds. The van der Waals surface area contributed by atoms with Crippen molar-refractivity contribution in [2.24, 2.45) is 51.3 Å². The van der Waals surface area contributed by atoms with Crippen molar-refractivity contribution in [3.8, 4) is 0 Å². The van der Waals surface area contributed by atoms with Crippen LogP contribution < -0.4 is 11.2 Å². The van der Waals surface area contributed by atoms with E-state index in [1.54, 1.807) is 0 Å². The fourth-order valence-corrected chi connectivity index (χ4v) is 8.19. The molecule has 5 heteroatoms. The number of nitrogens with one attached hydrogen (secondary N) is 1. The molecular formula is C22H37N3OS. The zero-order valence-corrected chi connectivity index (χ0v) is 18.0. The molecule has 4 fully saturated rings. The van der Waals surface area contributed by atoms with Crippen LogP contribution in [0, 0.1) is 40.4 Å². The lowest BCUT2D eigenvalue weighted by Crippen LogP contribution is -2.54. The minimum atomic E-state index is -0.0515. The monoisotopic (exact) mass is 391 g/mol. The Morgan fingerprint density at radius 1 is 1.04 bits per heavy atom. The summed E-state index contributed by atoms with van der Waals surface area (Å²) in [4.78, 5) is 0. The summed E-state index contributed by atoms with van der Waals surface area (Å²) in [6.07, 6.45) is 11.2. The summed E-state index contributed by atoms with van der Waals surface area (Å²) in [5.41, 5.74) is 10.4. The second kappa shape index (κ2) is 6.98. The summed E-state index contributed by atoms with van der Waals surface area (Å²) < 4.78 is 0. The van der Waals surface area contributed by atoms with E-state index in [0.717, 1.165) is 36.5 Å². The first-order chi connectivity index (χ1) is 12.8. The molecule has 152 valence electrons. The third-order valence-electron chi connectivity index (χ3n) is 9.48. The van der Waals surface area contributed by atoms with Gasteiger partial charge in [0, 0.05) is 11.6 Å². The molecule has 4 N–H and O–H groups in total. The summed E-state index contributed by atoms with van der Waals surface area (Å²) >= 11 is 4.92. The molecule has 0 aliphatic heterocycles. The standard InChI is InChI=1S/C22H37N3OS/c1-13(24-25-20(23)27)17-6-7-18-16-5-4-14-12-15(26)8-10-21(14,2)19(16)9-11-22(17,18)3/h14-19,26H,4-12H2,1-3H3,(H3,23,25,27)/b24-13-/t14-,15-,16-,17+,18-,19-,21-,22+/m0/s1. The molecule has 4 aliphatic carbocycles. The van der Waals surface area contributed by atoms with Gasteiger partial charge in [0.25, 0.3) is 0 Å². The molecular weight excluding hydrogens is 354 g/mol. The van der Waals surface area contributed by atoms with Crippen LogP contribution in [0.3, 0.4) is 0 Å². The maximum atomic E-state index is 10.2. The Kier molecular flexibility index (Phi) is 5.07. The molecule has 0 aromatic carbocycles. The Bertz CT molecular complexity index is 637. The fourth-order valence-electron chi connectivity index (χ4n) is 8.14. The number of fused-ring (bicyclic) bond motifs is 5. The van der Waals surface area contributed by atoms with Crippen molar-refractivity contribution in [1.29, 1.82) is 0 Å². The van der Waals surface area contributed by atoms with Crippen LogP contribution in [0.1, 0.15) is 78.6 Å². The number of thiocarbonyl (C=S) groups is 1. The first-order valence-electron chi connectivity index (χ1n) is 11.0. The van der Waals surface area contributed by atoms with Crippen LogP contribution in [-0.4, -0.2) is 22.0 Å². The number of nitrogens with zero attached hydrogens (tertiary/aromatic N) is 1. The van der Waals surface area contributed by atoms with E-state index in [1.807, 2.05) is 0 Å². The van der Waals surface area contributed by atoms with Gasteiger partial charge >= 0.3 is 0 Å². The van der Waals surface area contributed by atoms with Crippen LogP contribution in [-0.2, 0) is 0 Å². The lowest BCUT2D eigenvalue weighted by atomic mass is 9.44. The molecule has 4 saturated carbocycles. The molecule has 0 spiro atoms. The summed E-state index contributed by atoms with van der Waals surface area (Å²) in [6, 6.07) is 0. The van der Waals surface area contributed by atoms with E-state index >= 15 is 0 Å². The van der Waals surface area contributed by atoms with E-state index in [0.29, 0.717) is 16.7 Å². The normalized spacial score (nSPS) is 49.7. The molecule has 0 radical (unpaired) electrons. The van der Waals surface area contributed by atoms with Gasteiger partial charge in [-0.15, -0.1) is 0 Å². The van der Waals surface area contributed by atoms with Crippen molar-refractivity contribution in [2.75, 3.05) is 0 Å². The van der Waals surface area contributed by atoms with Gasteiger partial charge in [-0.1, -0.05) is 13.8 Å². The maximum absolute atomic E-state index is 10.2. The third kappa shape index (κ3) is 3.13. The highest BCUT2D eigenvalue weighted by molar-refractivity contribution is 7.80. The van der Waals surface area contributed by atoms with E-state index in [2.05, 4.69) is 31.3 Å². The lowest BCUT2D eigenvalue weighted by molar-refractivity contribution is -0.123. The molecule has 27 heavy (non-hydrogen) atoms. The zero-order valence-electron chi connectivity index (χ0n) is 17.2. The van der Waals surface area contributed by atoms with Gasteiger partial charge in [-0.2, -0.15) is 5.10 Å². The molecule has 0 aromatic rings. The Labute approximate surface area is 169 Å². The molecule has 0 heterocycles. The van der Waals surface area contributed by atoms with E-state index in [-0.39, 0.29) is 11.2 Å². The van der Waals surface area contributed by atoms with E-state index < -0.39 is 0 Å². The Hall–Kier alpha value is -0.680. The summed E-state index contributed by atoms with van der Waals surface area (Å²) in [5, 5.41) is 15.0. The highest BCUT2D eigenvalue weighted by atomic mass is 32.1. The molecule has 4 aliphatic rings. The predicted octanol–water partition coefficient (Wildman–Crippen LogP) is 4.22. The molecule has 0 saturated heterocycles. The van der Waals surface area contributed by atoms with Crippen LogP contribution in [0.4, 0.5) is 0 Å². The van der Waals surface area contributed by atoms with Crippen molar-refractivity contribution in [3.05, 3.63) is 0 Å². The van der Waals surface area contributed by atoms with Crippen molar-refractivity contribution in [2.45, 2.75) is 84.7 Å². The van der Waals surface area contributed by atoms with Gasteiger partial charge in [0.1, 0.15) is 0 Å². The van der Waals surface area contributed by atoms with Gasteiger partial charge < -0.3 is 10.8 Å². The van der Waals surface area contributed by atoms with Gasteiger partial charge in [0.05, 0.1) is 6.10 Å². The summed E-state index contributed by atoms with van der Waals surface area (Å²) in [7, 11) is 0. The maximum Gasteiger partial charge on any atom is 0.184 e. The van der Waals surface area contributed by atoms with Gasteiger partial charge in [-0.3, -0.25) is 5.43 Å². The van der Waals surface area contributed by atoms with Crippen LogP contribution >= 0.6 is 12.2 Å². The minimum absolute atomic E-state index is 0.0515. The SMILES string of the molecule is C/C(=N/NC(N)=S)[C@H]1CC[C@H]2[C@@H]3CC[C@H]4C[C@@H](O)CC[C@]4(C)[C@H]3CC[C@]12C. The van der Waals surface area contributed by atoms with Gasteiger partial charge in [-0.05, 0) is 111 Å². The second-order valence-corrected chi connectivity index (χ2v) is 10.9. The third-order valence-corrected chi connectivity index (χ3v) is 9.58. The average Bonchev–Trinajstić information content (AvgIpc) is 2.97. The molecule has 4 nitrogen and oxygen atoms in total. The molecule has 4 rings (SSSR count). The number of aliphatic hydroxyl groups excluding tert-OH is 1. The number of aliphatic hydroxyl groups is 1.